The predicted octanol–water partition coefficient (Wildman–Crippen LogP) is 0.407. The summed E-state index contributed by atoms with van der Waals surface area (Å²) in [5.41, 5.74) is -1.43. The van der Waals surface area contributed by atoms with E-state index in [2.05, 4.69) is 5.32 Å². The Labute approximate surface area is 101 Å². The molecular formula is C11H21NO5. The Morgan fingerprint density at radius 2 is 2.06 bits per heavy atom. The van der Waals surface area contributed by atoms with Crippen LogP contribution in [0.3, 0.4) is 0 Å². The summed E-state index contributed by atoms with van der Waals surface area (Å²) in [4.78, 5) is 22.5. The number of nitrogens with one attached hydrogen (secondary N) is 1. The van der Waals surface area contributed by atoms with Crippen LogP contribution in [0.5, 0.6) is 0 Å². The van der Waals surface area contributed by atoms with E-state index in [1.165, 1.54) is 14.0 Å². The van der Waals surface area contributed by atoms with E-state index < -0.39 is 17.4 Å². The molecule has 0 bridgehead atoms. The zero-order valence-electron chi connectivity index (χ0n) is 10.8. The maximum Gasteiger partial charge on any atom is 0.331 e. The van der Waals surface area contributed by atoms with Gasteiger partial charge in [0.25, 0.3) is 0 Å². The van der Waals surface area contributed by atoms with Crippen molar-refractivity contribution in [2.45, 2.75) is 38.8 Å². The lowest BCUT2D eigenvalue weighted by molar-refractivity contribution is -0.150. The highest BCUT2D eigenvalue weighted by molar-refractivity contribution is 5.87. The van der Waals surface area contributed by atoms with Crippen LogP contribution >= 0.6 is 0 Å². The Balaban J connectivity index is 4.27. The van der Waals surface area contributed by atoms with Gasteiger partial charge in [0.05, 0.1) is 12.7 Å². The second-order valence-corrected chi connectivity index (χ2v) is 4.15. The van der Waals surface area contributed by atoms with Gasteiger partial charge in [0.15, 0.2) is 5.54 Å². The molecular weight excluding hydrogens is 226 g/mol. The smallest absolute Gasteiger partial charge is 0.331 e. The Morgan fingerprint density at radius 3 is 2.47 bits per heavy atom. The van der Waals surface area contributed by atoms with E-state index in [1.54, 1.807) is 0 Å². The number of aliphatic carboxylic acids is 1. The third kappa shape index (κ3) is 5.65. The van der Waals surface area contributed by atoms with Gasteiger partial charge in [-0.25, -0.2) is 4.79 Å². The Kier molecular flexibility index (Phi) is 6.75. The van der Waals surface area contributed by atoms with Gasteiger partial charge < -0.3 is 19.9 Å². The van der Waals surface area contributed by atoms with E-state index in [0.29, 0.717) is 0 Å². The first-order valence-corrected chi connectivity index (χ1v) is 5.50. The fraction of sp³-hybridized carbons (Fsp3) is 0.818. The minimum absolute atomic E-state index is 0.0285. The van der Waals surface area contributed by atoms with Crippen molar-refractivity contribution >= 4 is 11.9 Å². The number of carbonyl (C=O) groups is 2. The van der Waals surface area contributed by atoms with Crippen molar-refractivity contribution in [1.82, 2.24) is 5.32 Å². The average molecular weight is 247 g/mol. The number of amides is 1. The summed E-state index contributed by atoms with van der Waals surface area (Å²) in [6, 6.07) is 0. The largest absolute Gasteiger partial charge is 0.479 e. The molecule has 0 saturated carbocycles. The monoisotopic (exact) mass is 247 g/mol. The van der Waals surface area contributed by atoms with Crippen LogP contribution in [0.15, 0.2) is 0 Å². The Hall–Kier alpha value is -1.14. The van der Waals surface area contributed by atoms with E-state index in [9.17, 15) is 9.59 Å². The second-order valence-electron chi connectivity index (χ2n) is 4.15. The average Bonchev–Trinajstić information content (AvgIpc) is 2.25. The molecule has 17 heavy (non-hydrogen) atoms. The van der Waals surface area contributed by atoms with Crippen LogP contribution in [0.2, 0.25) is 0 Å². The summed E-state index contributed by atoms with van der Waals surface area (Å²) >= 11 is 0. The summed E-state index contributed by atoms with van der Waals surface area (Å²) in [5.74, 6) is -1.61. The molecule has 0 saturated heterocycles. The van der Waals surface area contributed by atoms with E-state index in [4.69, 9.17) is 14.6 Å². The molecule has 0 aliphatic carbocycles. The van der Waals surface area contributed by atoms with Gasteiger partial charge in [-0.15, -0.1) is 0 Å². The van der Waals surface area contributed by atoms with Gasteiger partial charge in [-0.3, -0.25) is 4.79 Å². The minimum Gasteiger partial charge on any atom is -0.479 e. The van der Waals surface area contributed by atoms with Crippen LogP contribution in [0.25, 0.3) is 0 Å². The van der Waals surface area contributed by atoms with Crippen LogP contribution in [0.1, 0.15) is 27.2 Å². The van der Waals surface area contributed by atoms with Crippen LogP contribution in [-0.2, 0) is 19.1 Å². The molecule has 0 rings (SSSR count). The normalized spacial score (nSPS) is 16.0. The van der Waals surface area contributed by atoms with E-state index in [-0.39, 0.29) is 19.3 Å². The van der Waals surface area contributed by atoms with Crippen LogP contribution in [0.4, 0.5) is 0 Å². The highest BCUT2D eigenvalue weighted by Gasteiger charge is 2.34. The Bertz CT molecular complexity index is 269. The topological polar surface area (TPSA) is 84.9 Å². The summed E-state index contributed by atoms with van der Waals surface area (Å²) in [7, 11) is 1.38. The van der Waals surface area contributed by atoms with Crippen LogP contribution in [-0.4, -0.2) is 48.9 Å². The molecule has 6 heteroatoms. The van der Waals surface area contributed by atoms with Crippen LogP contribution < -0.4 is 5.32 Å². The first-order valence-electron chi connectivity index (χ1n) is 5.50. The van der Waals surface area contributed by atoms with Crippen molar-refractivity contribution in [2.75, 3.05) is 20.3 Å². The number of carbonyl (C=O) groups excluding carboxylic acids is 1. The molecule has 0 aliphatic heterocycles. The molecule has 0 aromatic carbocycles. The molecule has 0 heterocycles. The molecule has 2 unspecified atom stereocenters. The number of rotatable bonds is 8. The number of hydrogen-bond acceptors (Lipinski definition) is 4. The molecule has 0 aromatic heterocycles. The lowest BCUT2D eigenvalue weighted by atomic mass is 10.0. The second kappa shape index (κ2) is 7.24. The molecule has 0 spiro atoms. The fourth-order valence-electron chi connectivity index (χ4n) is 1.12. The summed E-state index contributed by atoms with van der Waals surface area (Å²) in [5, 5.41) is 11.4. The summed E-state index contributed by atoms with van der Waals surface area (Å²) in [6.07, 6.45) is 0.765. The number of carboxylic acids is 1. The van der Waals surface area contributed by atoms with Gasteiger partial charge in [-0.05, 0) is 20.3 Å². The highest BCUT2D eigenvalue weighted by atomic mass is 16.5. The minimum atomic E-state index is -1.43. The number of hydrogen-bond donors (Lipinski definition) is 2. The number of carboxylic acid groups (broad SMARTS) is 1. The quantitative estimate of drug-likeness (QED) is 0.649. The fourth-order valence-corrected chi connectivity index (χ4v) is 1.12. The van der Waals surface area contributed by atoms with E-state index >= 15 is 0 Å². The molecule has 2 N–H and O–H groups in total. The van der Waals surface area contributed by atoms with Gasteiger partial charge in [-0.2, -0.15) is 0 Å². The van der Waals surface area contributed by atoms with Crippen molar-refractivity contribution in [2.24, 2.45) is 0 Å². The van der Waals surface area contributed by atoms with Crippen molar-refractivity contribution in [3.8, 4) is 0 Å². The molecule has 0 aliphatic rings. The SMILES string of the molecule is CCC(C)OCC(=O)NC(C)(COC)C(=O)O. The third-order valence-corrected chi connectivity index (χ3v) is 2.39. The zero-order chi connectivity index (χ0) is 13.5. The van der Waals surface area contributed by atoms with E-state index in [1.807, 2.05) is 13.8 Å². The highest BCUT2D eigenvalue weighted by Crippen LogP contribution is 2.05. The molecule has 0 fully saturated rings. The van der Waals surface area contributed by atoms with Gasteiger partial charge in [-0.1, -0.05) is 6.92 Å². The Morgan fingerprint density at radius 1 is 1.47 bits per heavy atom. The standard InChI is InChI=1S/C11H21NO5/c1-5-8(2)17-6-9(13)12-11(3,7-16-4)10(14)15/h8H,5-7H2,1-4H3,(H,12,13)(H,14,15). The molecule has 1 amide bonds. The van der Waals surface area contributed by atoms with Gasteiger partial charge in [0, 0.05) is 7.11 Å². The predicted molar refractivity (Wildman–Crippen MR) is 61.8 cm³/mol. The number of ether oxygens (including phenoxy) is 2. The molecule has 6 nitrogen and oxygen atoms in total. The van der Waals surface area contributed by atoms with Crippen molar-refractivity contribution in [3.63, 3.8) is 0 Å². The third-order valence-electron chi connectivity index (χ3n) is 2.39. The molecule has 0 aromatic rings. The maximum atomic E-state index is 11.5. The molecule has 2 atom stereocenters. The van der Waals surface area contributed by atoms with Crippen LogP contribution in [0, 0.1) is 0 Å². The van der Waals surface area contributed by atoms with Gasteiger partial charge >= 0.3 is 5.97 Å². The first-order chi connectivity index (χ1) is 7.85. The van der Waals surface area contributed by atoms with Crippen molar-refractivity contribution in [1.29, 1.82) is 0 Å². The molecule has 100 valence electrons. The first kappa shape index (κ1) is 15.9. The lowest BCUT2D eigenvalue weighted by Crippen LogP contribution is -2.56. The van der Waals surface area contributed by atoms with Crippen molar-refractivity contribution in [3.05, 3.63) is 0 Å². The van der Waals surface area contributed by atoms with Gasteiger partial charge in [0.1, 0.15) is 6.61 Å². The molecule has 0 radical (unpaired) electrons. The zero-order valence-corrected chi connectivity index (χ0v) is 10.8. The number of methoxy groups -OCH3 is 1. The van der Waals surface area contributed by atoms with Crippen molar-refractivity contribution < 1.29 is 24.2 Å². The maximum absolute atomic E-state index is 11.5. The lowest BCUT2D eigenvalue weighted by Gasteiger charge is -2.25. The summed E-state index contributed by atoms with van der Waals surface area (Å²) < 4.78 is 9.99. The van der Waals surface area contributed by atoms with E-state index in [0.717, 1.165) is 6.42 Å². The van der Waals surface area contributed by atoms with Gasteiger partial charge in [0.2, 0.25) is 5.91 Å². The summed E-state index contributed by atoms with van der Waals surface area (Å²) in [6.45, 7) is 4.92.